The van der Waals surface area contributed by atoms with Gasteiger partial charge in [0.1, 0.15) is 0 Å². The number of piperidine rings is 1. The standard InChI is InChI=1S/C12H24N2/c1-4-11(13)14-9-7-12(5-2,6-3)8-10-14/h13H,4-10H2,1-3H3. The summed E-state index contributed by atoms with van der Waals surface area (Å²) < 4.78 is 0. The third-order valence-corrected chi connectivity index (χ3v) is 4.04. The second-order valence-corrected chi connectivity index (χ2v) is 4.49. The molecule has 0 bridgehead atoms. The molecule has 0 atom stereocenters. The summed E-state index contributed by atoms with van der Waals surface area (Å²) in [7, 11) is 0. The zero-order valence-corrected chi connectivity index (χ0v) is 9.90. The lowest BCUT2D eigenvalue weighted by molar-refractivity contribution is 0.134. The Bertz CT molecular complexity index is 184. The van der Waals surface area contributed by atoms with Gasteiger partial charge in [0, 0.05) is 19.5 Å². The molecule has 1 aliphatic heterocycles. The Morgan fingerprint density at radius 2 is 1.64 bits per heavy atom. The van der Waals surface area contributed by atoms with E-state index in [4.69, 9.17) is 5.41 Å². The Labute approximate surface area is 88.2 Å². The van der Waals surface area contributed by atoms with Gasteiger partial charge in [-0.15, -0.1) is 0 Å². The lowest BCUT2D eigenvalue weighted by atomic mass is 9.74. The van der Waals surface area contributed by atoms with Gasteiger partial charge in [-0.1, -0.05) is 33.6 Å². The molecule has 0 aromatic carbocycles. The Kier molecular flexibility index (Phi) is 3.97. The predicted molar refractivity (Wildman–Crippen MR) is 61.8 cm³/mol. The minimum atomic E-state index is 0.588. The summed E-state index contributed by atoms with van der Waals surface area (Å²) in [5, 5.41) is 7.80. The molecule has 0 aliphatic carbocycles. The fourth-order valence-corrected chi connectivity index (χ4v) is 2.43. The van der Waals surface area contributed by atoms with E-state index in [1.165, 1.54) is 25.7 Å². The van der Waals surface area contributed by atoms with E-state index in [0.29, 0.717) is 5.41 Å². The molecule has 1 saturated heterocycles. The fourth-order valence-electron chi connectivity index (χ4n) is 2.43. The average molecular weight is 196 g/mol. The third kappa shape index (κ3) is 2.28. The summed E-state index contributed by atoms with van der Waals surface area (Å²) in [6.45, 7) is 8.90. The van der Waals surface area contributed by atoms with Crippen LogP contribution in [-0.2, 0) is 0 Å². The Morgan fingerprint density at radius 1 is 1.14 bits per heavy atom. The van der Waals surface area contributed by atoms with Crippen molar-refractivity contribution in [3.05, 3.63) is 0 Å². The molecule has 1 N–H and O–H groups in total. The van der Waals surface area contributed by atoms with Gasteiger partial charge in [-0.25, -0.2) is 0 Å². The summed E-state index contributed by atoms with van der Waals surface area (Å²) in [6.07, 6.45) is 6.05. The zero-order valence-electron chi connectivity index (χ0n) is 9.90. The number of amidine groups is 1. The smallest absolute Gasteiger partial charge is 0.0954 e. The Balaban J connectivity index is 2.48. The fraction of sp³-hybridized carbons (Fsp3) is 0.917. The van der Waals surface area contributed by atoms with Crippen molar-refractivity contribution in [2.24, 2.45) is 5.41 Å². The molecule has 82 valence electrons. The molecule has 14 heavy (non-hydrogen) atoms. The van der Waals surface area contributed by atoms with Crippen molar-refractivity contribution in [3.8, 4) is 0 Å². The minimum absolute atomic E-state index is 0.588. The number of nitrogens with one attached hydrogen (secondary N) is 1. The van der Waals surface area contributed by atoms with Crippen LogP contribution in [-0.4, -0.2) is 23.8 Å². The van der Waals surface area contributed by atoms with Gasteiger partial charge in [0.15, 0.2) is 0 Å². The Hall–Kier alpha value is -0.530. The second kappa shape index (κ2) is 4.81. The summed E-state index contributed by atoms with van der Waals surface area (Å²) in [6, 6.07) is 0. The average Bonchev–Trinajstić information content (AvgIpc) is 2.28. The summed E-state index contributed by atoms with van der Waals surface area (Å²) in [5.41, 5.74) is 0.588. The first kappa shape index (κ1) is 11.5. The topological polar surface area (TPSA) is 27.1 Å². The van der Waals surface area contributed by atoms with Crippen LogP contribution < -0.4 is 0 Å². The van der Waals surface area contributed by atoms with Gasteiger partial charge in [-0.2, -0.15) is 0 Å². The molecule has 1 fully saturated rings. The Morgan fingerprint density at radius 3 is 2.00 bits per heavy atom. The number of likely N-dealkylation sites (tertiary alicyclic amines) is 1. The van der Waals surface area contributed by atoms with Crippen LogP contribution in [0.1, 0.15) is 52.9 Å². The van der Waals surface area contributed by atoms with Crippen molar-refractivity contribution < 1.29 is 0 Å². The summed E-state index contributed by atoms with van der Waals surface area (Å²) >= 11 is 0. The predicted octanol–water partition coefficient (Wildman–Crippen LogP) is 3.28. The third-order valence-electron chi connectivity index (χ3n) is 4.04. The largest absolute Gasteiger partial charge is 0.361 e. The van der Waals surface area contributed by atoms with Crippen molar-refractivity contribution in [1.29, 1.82) is 5.41 Å². The molecule has 1 rings (SSSR count). The van der Waals surface area contributed by atoms with Gasteiger partial charge in [0.2, 0.25) is 0 Å². The quantitative estimate of drug-likeness (QED) is 0.544. The summed E-state index contributed by atoms with van der Waals surface area (Å²) in [5.74, 6) is 0.825. The van der Waals surface area contributed by atoms with Crippen LogP contribution in [0.25, 0.3) is 0 Å². The first-order valence-corrected chi connectivity index (χ1v) is 6.00. The van der Waals surface area contributed by atoms with E-state index in [1.807, 2.05) is 0 Å². The lowest BCUT2D eigenvalue weighted by Crippen LogP contribution is -2.42. The highest BCUT2D eigenvalue weighted by atomic mass is 15.2. The normalized spacial score (nSPS) is 20.9. The van der Waals surface area contributed by atoms with Crippen LogP contribution in [0.2, 0.25) is 0 Å². The van der Waals surface area contributed by atoms with E-state index in [9.17, 15) is 0 Å². The molecule has 0 saturated carbocycles. The first-order chi connectivity index (χ1) is 6.67. The number of rotatable bonds is 3. The first-order valence-electron chi connectivity index (χ1n) is 6.00. The molecule has 1 heterocycles. The highest BCUT2D eigenvalue weighted by Crippen LogP contribution is 2.37. The van der Waals surface area contributed by atoms with Crippen molar-refractivity contribution in [1.82, 2.24) is 4.90 Å². The molecule has 0 spiro atoms. The van der Waals surface area contributed by atoms with E-state index in [1.54, 1.807) is 0 Å². The monoisotopic (exact) mass is 196 g/mol. The van der Waals surface area contributed by atoms with Crippen LogP contribution in [0.15, 0.2) is 0 Å². The number of hydrogen-bond acceptors (Lipinski definition) is 1. The number of nitrogens with zero attached hydrogens (tertiary/aromatic N) is 1. The molecule has 0 aromatic rings. The highest BCUT2D eigenvalue weighted by Gasteiger charge is 2.31. The van der Waals surface area contributed by atoms with Gasteiger partial charge in [-0.3, -0.25) is 5.41 Å². The molecule has 1 aliphatic rings. The van der Waals surface area contributed by atoms with Crippen LogP contribution in [0, 0.1) is 10.8 Å². The van der Waals surface area contributed by atoms with Crippen LogP contribution in [0.3, 0.4) is 0 Å². The van der Waals surface area contributed by atoms with Gasteiger partial charge < -0.3 is 4.90 Å². The number of hydrogen-bond donors (Lipinski definition) is 1. The van der Waals surface area contributed by atoms with Gasteiger partial charge in [-0.05, 0) is 18.3 Å². The summed E-state index contributed by atoms with van der Waals surface area (Å²) in [4.78, 5) is 2.25. The lowest BCUT2D eigenvalue weighted by Gasteiger charge is -2.41. The second-order valence-electron chi connectivity index (χ2n) is 4.49. The molecule has 0 radical (unpaired) electrons. The molecular formula is C12H24N2. The van der Waals surface area contributed by atoms with Gasteiger partial charge in [0.05, 0.1) is 5.84 Å². The van der Waals surface area contributed by atoms with Crippen molar-refractivity contribution in [2.75, 3.05) is 13.1 Å². The van der Waals surface area contributed by atoms with Gasteiger partial charge >= 0.3 is 0 Å². The molecule has 0 aromatic heterocycles. The van der Waals surface area contributed by atoms with Gasteiger partial charge in [0.25, 0.3) is 0 Å². The molecule has 2 nitrogen and oxygen atoms in total. The van der Waals surface area contributed by atoms with E-state index >= 15 is 0 Å². The van der Waals surface area contributed by atoms with Crippen LogP contribution >= 0.6 is 0 Å². The molecule has 0 unspecified atom stereocenters. The van der Waals surface area contributed by atoms with E-state index < -0.39 is 0 Å². The van der Waals surface area contributed by atoms with E-state index in [0.717, 1.165) is 25.3 Å². The maximum Gasteiger partial charge on any atom is 0.0954 e. The maximum absolute atomic E-state index is 7.80. The maximum atomic E-state index is 7.80. The molecule has 2 heteroatoms. The zero-order chi connectivity index (χ0) is 10.6. The molecule has 0 amide bonds. The van der Waals surface area contributed by atoms with Crippen molar-refractivity contribution in [3.63, 3.8) is 0 Å². The minimum Gasteiger partial charge on any atom is -0.361 e. The molecular weight excluding hydrogens is 172 g/mol. The van der Waals surface area contributed by atoms with E-state index in [-0.39, 0.29) is 0 Å². The SMILES string of the molecule is CCC(=N)N1CCC(CC)(CC)CC1. The van der Waals surface area contributed by atoms with Crippen molar-refractivity contribution >= 4 is 5.84 Å². The van der Waals surface area contributed by atoms with Crippen LogP contribution in [0.4, 0.5) is 0 Å². The highest BCUT2D eigenvalue weighted by molar-refractivity contribution is 5.78. The van der Waals surface area contributed by atoms with E-state index in [2.05, 4.69) is 25.7 Å². The van der Waals surface area contributed by atoms with Crippen LogP contribution in [0.5, 0.6) is 0 Å². The van der Waals surface area contributed by atoms with Crippen molar-refractivity contribution in [2.45, 2.75) is 52.9 Å².